The molecule has 1 heterocycles. The highest BCUT2D eigenvalue weighted by atomic mass is 32.2. The van der Waals surface area contributed by atoms with Crippen molar-refractivity contribution in [3.8, 4) is 0 Å². The van der Waals surface area contributed by atoms with Crippen LogP contribution in [0.4, 0.5) is 0 Å². The van der Waals surface area contributed by atoms with Crippen LogP contribution in [0.5, 0.6) is 0 Å². The SMILES string of the molecule is CC1(NC(=O)c2csc(S(N)(=O)=O)c2)CCCC1. The van der Waals surface area contributed by atoms with E-state index in [1.807, 2.05) is 6.92 Å². The van der Waals surface area contributed by atoms with Gasteiger partial charge in [-0.25, -0.2) is 13.6 Å². The zero-order valence-corrected chi connectivity index (χ0v) is 11.7. The van der Waals surface area contributed by atoms with Gasteiger partial charge >= 0.3 is 0 Å². The molecule has 0 radical (unpaired) electrons. The fourth-order valence-electron chi connectivity index (χ4n) is 2.21. The molecule has 0 aromatic carbocycles. The normalized spacial score (nSPS) is 18.8. The molecule has 0 bridgehead atoms. The highest BCUT2D eigenvalue weighted by Crippen LogP contribution is 2.29. The van der Waals surface area contributed by atoms with Gasteiger partial charge in [-0.3, -0.25) is 4.79 Å². The van der Waals surface area contributed by atoms with Crippen LogP contribution in [0.15, 0.2) is 15.7 Å². The minimum atomic E-state index is -3.72. The van der Waals surface area contributed by atoms with E-state index in [0.29, 0.717) is 5.56 Å². The Kier molecular flexibility index (Phi) is 3.48. The van der Waals surface area contributed by atoms with Crippen molar-refractivity contribution in [2.45, 2.75) is 42.4 Å². The van der Waals surface area contributed by atoms with Crippen molar-refractivity contribution in [3.05, 3.63) is 17.0 Å². The van der Waals surface area contributed by atoms with Crippen molar-refractivity contribution in [1.82, 2.24) is 5.32 Å². The summed E-state index contributed by atoms with van der Waals surface area (Å²) in [5, 5.41) is 9.50. The number of hydrogen-bond acceptors (Lipinski definition) is 4. The highest BCUT2D eigenvalue weighted by molar-refractivity contribution is 7.91. The number of nitrogens with one attached hydrogen (secondary N) is 1. The van der Waals surface area contributed by atoms with E-state index in [4.69, 9.17) is 5.14 Å². The summed E-state index contributed by atoms with van der Waals surface area (Å²) in [4.78, 5) is 12.0. The Bertz CT molecular complexity index is 557. The third kappa shape index (κ3) is 2.90. The Morgan fingerprint density at radius 1 is 1.44 bits per heavy atom. The van der Waals surface area contributed by atoms with Crippen LogP contribution in [0.25, 0.3) is 0 Å². The van der Waals surface area contributed by atoms with Crippen molar-refractivity contribution in [2.24, 2.45) is 5.14 Å². The molecule has 18 heavy (non-hydrogen) atoms. The second-order valence-corrected chi connectivity index (χ2v) is 7.62. The summed E-state index contributed by atoms with van der Waals surface area (Å²) in [5.74, 6) is -0.231. The molecule has 1 aromatic rings. The lowest BCUT2D eigenvalue weighted by Gasteiger charge is -2.24. The van der Waals surface area contributed by atoms with Crippen LogP contribution in [-0.2, 0) is 10.0 Å². The second-order valence-electron chi connectivity index (χ2n) is 4.92. The van der Waals surface area contributed by atoms with Gasteiger partial charge in [0.05, 0.1) is 5.56 Å². The van der Waals surface area contributed by atoms with Crippen LogP contribution in [0.1, 0.15) is 43.0 Å². The van der Waals surface area contributed by atoms with Crippen LogP contribution >= 0.6 is 11.3 Å². The van der Waals surface area contributed by atoms with Gasteiger partial charge in [0.25, 0.3) is 5.91 Å². The molecule has 7 heteroatoms. The van der Waals surface area contributed by atoms with Crippen molar-refractivity contribution >= 4 is 27.3 Å². The number of carbonyl (C=O) groups is 1. The Hall–Kier alpha value is -0.920. The monoisotopic (exact) mass is 288 g/mol. The van der Waals surface area contributed by atoms with Crippen LogP contribution in [0, 0.1) is 0 Å². The van der Waals surface area contributed by atoms with Crippen LogP contribution in [0.3, 0.4) is 0 Å². The molecule has 0 aliphatic heterocycles. The lowest BCUT2D eigenvalue weighted by Crippen LogP contribution is -2.43. The molecule has 3 N–H and O–H groups in total. The van der Waals surface area contributed by atoms with Crippen LogP contribution in [0.2, 0.25) is 0 Å². The molecule has 0 unspecified atom stereocenters. The van der Waals surface area contributed by atoms with Gasteiger partial charge in [-0.15, -0.1) is 11.3 Å². The van der Waals surface area contributed by atoms with Crippen molar-refractivity contribution in [2.75, 3.05) is 0 Å². The number of nitrogens with two attached hydrogens (primary N) is 1. The number of primary sulfonamides is 1. The van der Waals surface area contributed by atoms with E-state index in [2.05, 4.69) is 5.32 Å². The average Bonchev–Trinajstić information content (AvgIpc) is 2.84. The van der Waals surface area contributed by atoms with Gasteiger partial charge in [0, 0.05) is 10.9 Å². The summed E-state index contributed by atoms with van der Waals surface area (Å²) in [6, 6.07) is 1.33. The van der Waals surface area contributed by atoms with E-state index in [-0.39, 0.29) is 15.7 Å². The Morgan fingerprint density at radius 2 is 2.06 bits per heavy atom. The fourth-order valence-corrected chi connectivity index (χ4v) is 3.80. The molecular formula is C11H16N2O3S2. The summed E-state index contributed by atoms with van der Waals surface area (Å²) in [6.07, 6.45) is 4.15. The number of amides is 1. The standard InChI is InChI=1S/C11H16N2O3S2/c1-11(4-2-3-5-11)13-10(14)8-6-9(17-7-8)18(12,15)16/h6-7H,2-5H2,1H3,(H,13,14)(H2,12,15,16). The van der Waals surface area contributed by atoms with Gasteiger partial charge in [0.1, 0.15) is 4.21 Å². The van der Waals surface area contributed by atoms with Gasteiger partial charge in [-0.1, -0.05) is 12.8 Å². The Labute approximate surface area is 110 Å². The minimum Gasteiger partial charge on any atom is -0.347 e. The summed E-state index contributed by atoms with van der Waals surface area (Å²) in [6.45, 7) is 2.02. The molecule has 1 aliphatic carbocycles. The molecule has 1 amide bonds. The maximum Gasteiger partial charge on any atom is 0.252 e. The topological polar surface area (TPSA) is 89.3 Å². The van der Waals surface area contributed by atoms with Crippen molar-refractivity contribution < 1.29 is 13.2 Å². The molecule has 0 atom stereocenters. The zero-order valence-electron chi connectivity index (χ0n) is 10.1. The van der Waals surface area contributed by atoms with E-state index in [1.165, 1.54) is 11.4 Å². The maximum absolute atomic E-state index is 12.0. The summed E-state index contributed by atoms with van der Waals surface area (Å²) in [7, 11) is -3.72. The average molecular weight is 288 g/mol. The molecule has 1 aliphatic rings. The molecular weight excluding hydrogens is 272 g/mol. The van der Waals surface area contributed by atoms with Gasteiger partial charge < -0.3 is 5.32 Å². The molecule has 0 saturated heterocycles. The smallest absolute Gasteiger partial charge is 0.252 e. The maximum atomic E-state index is 12.0. The zero-order chi connectivity index (χ0) is 13.4. The molecule has 2 rings (SSSR count). The van der Waals surface area contributed by atoms with Crippen LogP contribution < -0.4 is 10.5 Å². The first kappa shape index (κ1) is 13.5. The number of rotatable bonds is 3. The predicted octanol–water partition coefficient (Wildman–Crippen LogP) is 1.46. The number of carbonyl (C=O) groups excluding carboxylic acids is 1. The summed E-state index contributed by atoms with van der Waals surface area (Å²) >= 11 is 0.968. The number of thiophene rings is 1. The van der Waals surface area contributed by atoms with Gasteiger partial charge in [0.2, 0.25) is 10.0 Å². The first-order valence-electron chi connectivity index (χ1n) is 5.74. The summed E-state index contributed by atoms with van der Waals surface area (Å²) in [5.41, 5.74) is 0.193. The number of hydrogen-bond donors (Lipinski definition) is 2. The van der Waals surface area contributed by atoms with E-state index in [9.17, 15) is 13.2 Å². The molecule has 1 aromatic heterocycles. The van der Waals surface area contributed by atoms with E-state index in [1.54, 1.807) is 0 Å². The van der Waals surface area contributed by atoms with Gasteiger partial charge in [0.15, 0.2) is 0 Å². The largest absolute Gasteiger partial charge is 0.347 e. The molecule has 1 saturated carbocycles. The first-order chi connectivity index (χ1) is 8.30. The first-order valence-corrected chi connectivity index (χ1v) is 8.17. The molecule has 100 valence electrons. The minimum absolute atomic E-state index is 0.0178. The predicted molar refractivity (Wildman–Crippen MR) is 70.0 cm³/mol. The summed E-state index contributed by atoms with van der Waals surface area (Å²) < 4.78 is 22.3. The third-order valence-electron chi connectivity index (χ3n) is 3.24. The highest BCUT2D eigenvalue weighted by Gasteiger charge is 2.30. The van der Waals surface area contributed by atoms with Gasteiger partial charge in [-0.05, 0) is 25.8 Å². The van der Waals surface area contributed by atoms with Crippen molar-refractivity contribution in [3.63, 3.8) is 0 Å². The van der Waals surface area contributed by atoms with E-state index >= 15 is 0 Å². The molecule has 1 fully saturated rings. The van der Waals surface area contributed by atoms with Gasteiger partial charge in [-0.2, -0.15) is 0 Å². The van der Waals surface area contributed by atoms with E-state index < -0.39 is 10.0 Å². The second kappa shape index (κ2) is 4.64. The van der Waals surface area contributed by atoms with Crippen molar-refractivity contribution in [1.29, 1.82) is 0 Å². The quantitative estimate of drug-likeness (QED) is 0.882. The lowest BCUT2D eigenvalue weighted by molar-refractivity contribution is 0.0908. The lowest BCUT2D eigenvalue weighted by atomic mass is 10.0. The fraction of sp³-hybridized carbons (Fsp3) is 0.545. The Morgan fingerprint density at radius 3 is 2.56 bits per heavy atom. The number of sulfonamides is 1. The van der Waals surface area contributed by atoms with E-state index in [0.717, 1.165) is 37.0 Å². The van der Waals surface area contributed by atoms with Crippen LogP contribution in [-0.4, -0.2) is 19.9 Å². The molecule has 5 nitrogen and oxygen atoms in total. The third-order valence-corrected chi connectivity index (χ3v) is 5.63. The Balaban J connectivity index is 2.12. The molecule has 0 spiro atoms.